The molecule has 0 aliphatic heterocycles. The molecule has 6 nitrogen and oxygen atoms in total. The Hall–Kier alpha value is -2.25. The van der Waals surface area contributed by atoms with Gasteiger partial charge in [0.15, 0.2) is 0 Å². The molecule has 0 heterocycles. The monoisotopic (exact) mass is 383 g/mol. The molecule has 0 fully saturated rings. The molecule has 0 bridgehead atoms. The highest BCUT2D eigenvalue weighted by Gasteiger charge is 2.20. The van der Waals surface area contributed by atoms with Gasteiger partial charge in [0, 0.05) is 10.7 Å². The molecule has 0 unspecified atom stereocenters. The Kier molecular flexibility index (Phi) is 6.27. The van der Waals surface area contributed by atoms with Gasteiger partial charge >= 0.3 is 5.97 Å². The minimum Gasteiger partial charge on any atom is -0.492 e. The number of rotatable bonds is 7. The predicted molar refractivity (Wildman–Crippen MR) is 95.8 cm³/mol. The molecule has 8 heteroatoms. The van der Waals surface area contributed by atoms with Gasteiger partial charge in [-0.1, -0.05) is 11.6 Å². The molecule has 25 heavy (non-hydrogen) atoms. The molecule has 0 aromatic heterocycles. The molecular weight excluding hydrogens is 366 g/mol. The van der Waals surface area contributed by atoms with Crippen LogP contribution in [0, 0.1) is 0 Å². The number of ether oxygens (including phenoxy) is 2. The van der Waals surface area contributed by atoms with Gasteiger partial charge in [0.1, 0.15) is 10.6 Å². The van der Waals surface area contributed by atoms with E-state index in [1.165, 1.54) is 36.4 Å². The number of carbonyl (C=O) groups excluding carboxylic acids is 1. The third-order valence-electron chi connectivity index (χ3n) is 3.14. The molecule has 0 atom stereocenters. The van der Waals surface area contributed by atoms with Gasteiger partial charge in [0.05, 0.1) is 18.8 Å². The Labute approximate surface area is 151 Å². The largest absolute Gasteiger partial charge is 0.492 e. The Morgan fingerprint density at radius 2 is 1.76 bits per heavy atom. The maximum atomic E-state index is 12.6. The van der Waals surface area contributed by atoms with E-state index in [1.807, 2.05) is 0 Å². The Balaban J connectivity index is 2.27. The van der Waals surface area contributed by atoms with E-state index >= 15 is 0 Å². The number of hydrogen-bond donors (Lipinski definition) is 1. The number of hydrogen-bond acceptors (Lipinski definition) is 5. The smallest absolute Gasteiger partial charge is 0.338 e. The highest BCUT2D eigenvalue weighted by molar-refractivity contribution is 7.92. The van der Waals surface area contributed by atoms with Crippen molar-refractivity contribution in [3.63, 3.8) is 0 Å². The number of sulfonamides is 1. The highest BCUT2D eigenvalue weighted by atomic mass is 35.5. The van der Waals surface area contributed by atoms with Crippen molar-refractivity contribution in [3.8, 4) is 5.75 Å². The Morgan fingerprint density at radius 1 is 1.08 bits per heavy atom. The fraction of sp³-hybridized carbons (Fsp3) is 0.235. The van der Waals surface area contributed by atoms with Crippen LogP contribution in [0.4, 0.5) is 5.69 Å². The first-order chi connectivity index (χ1) is 11.9. The summed E-state index contributed by atoms with van der Waals surface area (Å²) >= 11 is 5.91. The van der Waals surface area contributed by atoms with Gasteiger partial charge in [-0.3, -0.25) is 4.72 Å². The minimum absolute atomic E-state index is 0.0590. The molecule has 2 rings (SSSR count). The number of benzene rings is 2. The average molecular weight is 384 g/mol. The van der Waals surface area contributed by atoms with Gasteiger partial charge in [-0.15, -0.1) is 0 Å². The van der Waals surface area contributed by atoms with Gasteiger partial charge in [0.25, 0.3) is 10.0 Å². The lowest BCUT2D eigenvalue weighted by Gasteiger charge is -2.13. The van der Waals surface area contributed by atoms with Crippen molar-refractivity contribution >= 4 is 33.3 Å². The summed E-state index contributed by atoms with van der Waals surface area (Å²) in [6.07, 6.45) is 0. The SMILES string of the molecule is CCOC(=O)c1ccc(NS(=O)(=O)c2cc(Cl)ccc2OCC)cc1. The first-order valence-corrected chi connectivity index (χ1v) is 9.46. The van der Waals surface area contributed by atoms with Crippen LogP contribution in [0.3, 0.4) is 0 Å². The fourth-order valence-corrected chi connectivity index (χ4v) is 3.53. The quantitative estimate of drug-likeness (QED) is 0.737. The highest BCUT2D eigenvalue weighted by Crippen LogP contribution is 2.29. The van der Waals surface area contributed by atoms with Crippen molar-refractivity contribution in [1.29, 1.82) is 0 Å². The van der Waals surface area contributed by atoms with Crippen LogP contribution in [0.15, 0.2) is 47.4 Å². The maximum absolute atomic E-state index is 12.6. The molecule has 0 spiro atoms. The summed E-state index contributed by atoms with van der Waals surface area (Å²) in [4.78, 5) is 11.6. The zero-order chi connectivity index (χ0) is 18.4. The lowest BCUT2D eigenvalue weighted by molar-refractivity contribution is 0.0526. The number of carbonyl (C=O) groups is 1. The van der Waals surface area contributed by atoms with Crippen molar-refractivity contribution in [3.05, 3.63) is 53.1 Å². The Bertz CT molecular complexity index is 850. The number of esters is 1. The van der Waals surface area contributed by atoms with Crippen LogP contribution in [0.1, 0.15) is 24.2 Å². The Morgan fingerprint density at radius 3 is 2.36 bits per heavy atom. The standard InChI is InChI=1S/C17H18ClNO5S/c1-3-23-15-10-7-13(18)11-16(15)25(21,22)19-14-8-5-12(6-9-14)17(20)24-4-2/h5-11,19H,3-4H2,1-2H3. The zero-order valence-corrected chi connectivity index (χ0v) is 15.4. The summed E-state index contributed by atoms with van der Waals surface area (Å²) in [5.41, 5.74) is 0.637. The van der Waals surface area contributed by atoms with E-state index in [9.17, 15) is 13.2 Å². The van der Waals surface area contributed by atoms with Crippen molar-refractivity contribution in [1.82, 2.24) is 0 Å². The lowest BCUT2D eigenvalue weighted by Crippen LogP contribution is -2.15. The molecule has 0 aliphatic rings. The predicted octanol–water partition coefficient (Wildman–Crippen LogP) is 3.72. The summed E-state index contributed by atoms with van der Waals surface area (Å²) in [5.74, 6) is -0.257. The second-order valence-corrected chi connectivity index (χ2v) is 7.01. The summed E-state index contributed by atoms with van der Waals surface area (Å²) in [6, 6.07) is 10.3. The molecule has 0 saturated carbocycles. The normalized spacial score (nSPS) is 11.0. The molecule has 134 valence electrons. The second kappa shape index (κ2) is 8.22. The maximum Gasteiger partial charge on any atom is 0.338 e. The molecule has 0 saturated heterocycles. The van der Waals surface area contributed by atoms with E-state index in [2.05, 4.69) is 4.72 Å². The number of anilines is 1. The summed E-state index contributed by atoms with van der Waals surface area (Å²) < 4.78 is 37.9. The van der Waals surface area contributed by atoms with Crippen LogP contribution >= 0.6 is 11.6 Å². The third kappa shape index (κ3) is 4.87. The molecular formula is C17H18ClNO5S. The molecule has 2 aromatic rings. The third-order valence-corrected chi connectivity index (χ3v) is 4.78. The van der Waals surface area contributed by atoms with Gasteiger partial charge in [-0.05, 0) is 56.3 Å². The van der Waals surface area contributed by atoms with Gasteiger partial charge in [-0.25, -0.2) is 13.2 Å². The van der Waals surface area contributed by atoms with Crippen LogP contribution < -0.4 is 9.46 Å². The van der Waals surface area contributed by atoms with Crippen molar-refractivity contribution < 1.29 is 22.7 Å². The average Bonchev–Trinajstić information content (AvgIpc) is 2.57. The van der Waals surface area contributed by atoms with Gasteiger partial charge < -0.3 is 9.47 Å². The van der Waals surface area contributed by atoms with Crippen molar-refractivity contribution in [2.24, 2.45) is 0 Å². The van der Waals surface area contributed by atoms with E-state index in [-0.39, 0.29) is 22.3 Å². The zero-order valence-electron chi connectivity index (χ0n) is 13.8. The summed E-state index contributed by atoms with van der Waals surface area (Å²) in [5, 5.41) is 0.279. The number of nitrogens with one attached hydrogen (secondary N) is 1. The second-order valence-electron chi connectivity index (χ2n) is 4.93. The topological polar surface area (TPSA) is 81.7 Å². The van der Waals surface area contributed by atoms with Crippen LogP contribution in [-0.4, -0.2) is 27.6 Å². The van der Waals surface area contributed by atoms with Gasteiger partial charge in [-0.2, -0.15) is 0 Å². The lowest BCUT2D eigenvalue weighted by atomic mass is 10.2. The van der Waals surface area contributed by atoms with Crippen LogP contribution in [0.25, 0.3) is 0 Å². The van der Waals surface area contributed by atoms with Crippen molar-refractivity contribution in [2.75, 3.05) is 17.9 Å². The molecule has 1 N–H and O–H groups in total. The van der Waals surface area contributed by atoms with E-state index < -0.39 is 16.0 Å². The van der Waals surface area contributed by atoms with Crippen LogP contribution in [0.2, 0.25) is 5.02 Å². The van der Waals surface area contributed by atoms with Crippen molar-refractivity contribution in [2.45, 2.75) is 18.7 Å². The molecule has 0 radical (unpaired) electrons. The first-order valence-electron chi connectivity index (χ1n) is 7.59. The van der Waals surface area contributed by atoms with E-state index in [0.29, 0.717) is 17.9 Å². The fourth-order valence-electron chi connectivity index (χ4n) is 2.07. The molecule has 2 aromatic carbocycles. The summed E-state index contributed by atoms with van der Waals surface area (Å²) in [7, 11) is -3.91. The molecule has 0 amide bonds. The molecule has 0 aliphatic carbocycles. The van der Waals surface area contributed by atoms with E-state index in [4.69, 9.17) is 21.1 Å². The van der Waals surface area contributed by atoms with Gasteiger partial charge in [0.2, 0.25) is 0 Å². The van der Waals surface area contributed by atoms with E-state index in [1.54, 1.807) is 19.9 Å². The summed E-state index contributed by atoms with van der Waals surface area (Å²) in [6.45, 7) is 4.05. The van der Waals surface area contributed by atoms with Crippen LogP contribution in [0.5, 0.6) is 5.75 Å². The first kappa shape index (κ1) is 19.1. The van der Waals surface area contributed by atoms with E-state index in [0.717, 1.165) is 0 Å². The minimum atomic E-state index is -3.91. The number of halogens is 1. The van der Waals surface area contributed by atoms with Crippen LogP contribution in [-0.2, 0) is 14.8 Å².